The third-order valence-corrected chi connectivity index (χ3v) is 4.90. The maximum absolute atomic E-state index is 12.5. The first-order valence-electron chi connectivity index (χ1n) is 9.44. The molecule has 3 aromatic rings. The first-order chi connectivity index (χ1) is 13.2. The van der Waals surface area contributed by atoms with Gasteiger partial charge in [-0.2, -0.15) is 0 Å². The van der Waals surface area contributed by atoms with Gasteiger partial charge < -0.3 is 10.2 Å². The highest BCUT2D eigenvalue weighted by Crippen LogP contribution is 2.28. The van der Waals surface area contributed by atoms with Crippen LogP contribution < -0.4 is 5.32 Å². The fourth-order valence-electron chi connectivity index (χ4n) is 3.45. The lowest BCUT2D eigenvalue weighted by atomic mass is 10.1. The smallest absolute Gasteiger partial charge is 0.254 e. The van der Waals surface area contributed by atoms with E-state index in [1.807, 2.05) is 47.6 Å². The van der Waals surface area contributed by atoms with Crippen molar-refractivity contribution < 1.29 is 4.79 Å². The Morgan fingerprint density at radius 3 is 2.67 bits per heavy atom. The molecule has 1 N–H and O–H groups in total. The minimum absolute atomic E-state index is 0.151. The Balaban J connectivity index is 1.53. The molecule has 4 nitrogen and oxygen atoms in total. The zero-order valence-corrected chi connectivity index (χ0v) is 15.5. The van der Waals surface area contributed by atoms with Crippen LogP contribution in [0.5, 0.6) is 0 Å². The van der Waals surface area contributed by atoms with E-state index in [4.69, 9.17) is 0 Å². The van der Waals surface area contributed by atoms with E-state index in [-0.39, 0.29) is 5.91 Å². The average Bonchev–Trinajstić information content (AvgIpc) is 3.02. The Labute approximate surface area is 159 Å². The number of aromatic nitrogens is 1. The topological polar surface area (TPSA) is 45.2 Å². The lowest BCUT2D eigenvalue weighted by Crippen LogP contribution is -2.24. The number of amides is 1. The molecule has 0 unspecified atom stereocenters. The molecule has 0 saturated carbocycles. The number of carbonyl (C=O) groups is 1. The highest BCUT2D eigenvalue weighted by molar-refractivity contribution is 5.98. The van der Waals surface area contributed by atoms with Gasteiger partial charge in [-0.15, -0.1) is 0 Å². The van der Waals surface area contributed by atoms with Crippen molar-refractivity contribution in [3.05, 3.63) is 78.1 Å². The Bertz CT molecular complexity index is 953. The molecule has 1 aliphatic heterocycles. The number of carbonyl (C=O) groups excluding carboxylic acids is 1. The van der Waals surface area contributed by atoms with Gasteiger partial charge in [0.25, 0.3) is 5.91 Å². The molecule has 4 heteroatoms. The van der Waals surface area contributed by atoms with E-state index in [1.165, 1.54) is 0 Å². The second kappa shape index (κ2) is 7.62. The zero-order chi connectivity index (χ0) is 18.6. The summed E-state index contributed by atoms with van der Waals surface area (Å²) in [5.41, 5.74) is 6.04. The molecule has 27 heavy (non-hydrogen) atoms. The molecule has 0 spiro atoms. The third-order valence-electron chi connectivity index (χ3n) is 4.90. The van der Waals surface area contributed by atoms with E-state index in [0.29, 0.717) is 6.54 Å². The van der Waals surface area contributed by atoms with E-state index in [0.717, 1.165) is 53.0 Å². The number of nitrogens with zero attached hydrogens (tertiary/aromatic N) is 2. The molecule has 1 aromatic heterocycles. The second-order valence-corrected chi connectivity index (χ2v) is 6.91. The number of pyridine rings is 1. The number of fused-ring (bicyclic) bond motifs is 1. The maximum atomic E-state index is 12.5. The molecule has 136 valence electrons. The summed E-state index contributed by atoms with van der Waals surface area (Å²) in [4.78, 5) is 18.8. The quantitative estimate of drug-likeness (QED) is 0.655. The maximum Gasteiger partial charge on any atom is 0.254 e. The Hall–Kier alpha value is -3.14. The molecule has 1 aliphatic rings. The van der Waals surface area contributed by atoms with E-state index >= 15 is 0 Å². The minimum atomic E-state index is 0.151. The van der Waals surface area contributed by atoms with Gasteiger partial charge in [-0.25, -0.2) is 0 Å². The van der Waals surface area contributed by atoms with Crippen LogP contribution in [-0.4, -0.2) is 22.3 Å². The lowest BCUT2D eigenvalue weighted by molar-refractivity contribution is 0.0776. The summed E-state index contributed by atoms with van der Waals surface area (Å²) < 4.78 is 0. The standard InChI is InChI=1S/C23H23N3O/c1-2-3-11-26-16-19-13-20(9-10-22(19)23(26)27)25-21-12-18(14-24-15-21)17-7-5-4-6-8-17/h4-10,12-15,25H,2-3,11,16H2,1H3. The van der Waals surface area contributed by atoms with Gasteiger partial charge in [0.1, 0.15) is 0 Å². The number of unbranched alkanes of at least 4 members (excludes halogenated alkanes) is 1. The Kier molecular flexibility index (Phi) is 4.88. The van der Waals surface area contributed by atoms with Crippen molar-refractivity contribution in [2.24, 2.45) is 0 Å². The number of rotatable bonds is 6. The predicted octanol–water partition coefficient (Wildman–Crippen LogP) is 5.25. The summed E-state index contributed by atoms with van der Waals surface area (Å²) in [7, 11) is 0. The molecule has 4 rings (SSSR count). The number of hydrogen-bond donors (Lipinski definition) is 1. The van der Waals surface area contributed by atoms with E-state index in [1.54, 1.807) is 0 Å². The summed E-state index contributed by atoms with van der Waals surface area (Å²) in [5.74, 6) is 0.151. The monoisotopic (exact) mass is 357 g/mol. The van der Waals surface area contributed by atoms with Crippen LogP contribution in [0.2, 0.25) is 0 Å². The number of benzene rings is 2. The normalized spacial score (nSPS) is 12.9. The van der Waals surface area contributed by atoms with Crippen LogP contribution in [0.25, 0.3) is 11.1 Å². The SMILES string of the molecule is CCCCN1Cc2cc(Nc3cncc(-c4ccccc4)c3)ccc2C1=O. The molecule has 0 radical (unpaired) electrons. The molecule has 2 aromatic carbocycles. The summed E-state index contributed by atoms with van der Waals surface area (Å²) in [6.45, 7) is 3.68. The van der Waals surface area contributed by atoms with Crippen LogP contribution in [-0.2, 0) is 6.54 Å². The van der Waals surface area contributed by atoms with Crippen molar-refractivity contribution in [1.82, 2.24) is 9.88 Å². The van der Waals surface area contributed by atoms with Crippen LogP contribution in [0, 0.1) is 0 Å². The van der Waals surface area contributed by atoms with Crippen LogP contribution >= 0.6 is 0 Å². The average molecular weight is 357 g/mol. The van der Waals surface area contributed by atoms with Crippen LogP contribution in [0.1, 0.15) is 35.7 Å². The highest BCUT2D eigenvalue weighted by atomic mass is 16.2. The van der Waals surface area contributed by atoms with Crippen molar-refractivity contribution in [2.75, 3.05) is 11.9 Å². The van der Waals surface area contributed by atoms with Gasteiger partial charge in [-0.1, -0.05) is 43.7 Å². The molecular formula is C23H23N3O. The Morgan fingerprint density at radius 1 is 1.00 bits per heavy atom. The molecule has 0 aliphatic carbocycles. The molecule has 0 bridgehead atoms. The van der Waals surface area contributed by atoms with Gasteiger partial charge in [0.2, 0.25) is 0 Å². The molecule has 0 fully saturated rings. The highest BCUT2D eigenvalue weighted by Gasteiger charge is 2.26. The first kappa shape index (κ1) is 17.3. The summed E-state index contributed by atoms with van der Waals surface area (Å²) >= 11 is 0. The fourth-order valence-corrected chi connectivity index (χ4v) is 3.45. The van der Waals surface area contributed by atoms with Crippen LogP contribution in [0.4, 0.5) is 11.4 Å². The molecular weight excluding hydrogens is 334 g/mol. The van der Waals surface area contributed by atoms with Crippen molar-refractivity contribution >= 4 is 17.3 Å². The molecule has 0 saturated heterocycles. The van der Waals surface area contributed by atoms with Gasteiger partial charge >= 0.3 is 0 Å². The predicted molar refractivity (Wildman–Crippen MR) is 109 cm³/mol. The van der Waals surface area contributed by atoms with Gasteiger partial charge in [0.15, 0.2) is 0 Å². The van der Waals surface area contributed by atoms with E-state index < -0.39 is 0 Å². The largest absolute Gasteiger partial charge is 0.354 e. The molecule has 2 heterocycles. The summed E-state index contributed by atoms with van der Waals surface area (Å²) in [6, 6.07) is 18.3. The Morgan fingerprint density at radius 2 is 1.85 bits per heavy atom. The van der Waals surface area contributed by atoms with Crippen molar-refractivity contribution in [3.8, 4) is 11.1 Å². The van der Waals surface area contributed by atoms with E-state index in [2.05, 4.69) is 41.5 Å². The second-order valence-electron chi connectivity index (χ2n) is 6.91. The van der Waals surface area contributed by atoms with Gasteiger partial charge in [0, 0.05) is 36.1 Å². The zero-order valence-electron chi connectivity index (χ0n) is 15.5. The van der Waals surface area contributed by atoms with Crippen molar-refractivity contribution in [3.63, 3.8) is 0 Å². The minimum Gasteiger partial charge on any atom is -0.354 e. The molecule has 0 atom stereocenters. The van der Waals surface area contributed by atoms with Crippen molar-refractivity contribution in [2.45, 2.75) is 26.3 Å². The van der Waals surface area contributed by atoms with Gasteiger partial charge in [-0.3, -0.25) is 9.78 Å². The molecule has 1 amide bonds. The first-order valence-corrected chi connectivity index (χ1v) is 9.44. The van der Waals surface area contributed by atoms with Crippen molar-refractivity contribution in [1.29, 1.82) is 0 Å². The summed E-state index contributed by atoms with van der Waals surface area (Å²) in [6.07, 6.45) is 5.83. The number of anilines is 2. The van der Waals surface area contributed by atoms with Gasteiger partial charge in [-0.05, 0) is 41.8 Å². The van der Waals surface area contributed by atoms with E-state index in [9.17, 15) is 4.79 Å². The fraction of sp³-hybridized carbons (Fsp3) is 0.217. The summed E-state index contributed by atoms with van der Waals surface area (Å²) in [5, 5.41) is 3.42. The lowest BCUT2D eigenvalue weighted by Gasteiger charge is -2.14. The number of hydrogen-bond acceptors (Lipinski definition) is 3. The van der Waals surface area contributed by atoms with Crippen LogP contribution in [0.3, 0.4) is 0 Å². The number of nitrogens with one attached hydrogen (secondary N) is 1. The third kappa shape index (κ3) is 3.70. The van der Waals surface area contributed by atoms with Gasteiger partial charge in [0.05, 0.1) is 11.9 Å². The van der Waals surface area contributed by atoms with Crippen LogP contribution in [0.15, 0.2) is 67.0 Å².